The Labute approximate surface area is 137 Å². The molecule has 0 radical (unpaired) electrons. The number of nitrogens with one attached hydrogen (secondary N) is 1. The first-order chi connectivity index (χ1) is 11.1. The second-order valence-corrected chi connectivity index (χ2v) is 6.60. The molecule has 0 bridgehead atoms. The highest BCUT2D eigenvalue weighted by molar-refractivity contribution is 5.94. The van der Waals surface area contributed by atoms with E-state index in [1.165, 1.54) is 0 Å². The number of amides is 1. The third-order valence-electron chi connectivity index (χ3n) is 4.67. The highest BCUT2D eigenvalue weighted by atomic mass is 16.5. The maximum Gasteiger partial charge on any atom is 0.251 e. The van der Waals surface area contributed by atoms with E-state index in [9.17, 15) is 4.79 Å². The number of carbonyl (C=O) groups is 1. The van der Waals surface area contributed by atoms with Gasteiger partial charge in [-0.25, -0.2) is 0 Å². The zero-order chi connectivity index (χ0) is 16.4. The number of methoxy groups -OCH3 is 1. The zero-order valence-electron chi connectivity index (χ0n) is 14.0. The summed E-state index contributed by atoms with van der Waals surface area (Å²) in [4.78, 5) is 12.5. The average Bonchev–Trinajstić information content (AvgIpc) is 2.94. The molecule has 3 rings (SSSR count). The molecule has 23 heavy (non-hydrogen) atoms. The van der Waals surface area contributed by atoms with Crippen molar-refractivity contribution in [3.63, 3.8) is 0 Å². The van der Waals surface area contributed by atoms with E-state index in [0.29, 0.717) is 18.1 Å². The molecule has 0 aromatic heterocycles. The van der Waals surface area contributed by atoms with Crippen LogP contribution in [0.25, 0.3) is 0 Å². The van der Waals surface area contributed by atoms with Crippen molar-refractivity contribution < 1.29 is 19.0 Å². The fourth-order valence-electron chi connectivity index (χ4n) is 3.63. The van der Waals surface area contributed by atoms with Gasteiger partial charge in [-0.2, -0.15) is 0 Å². The van der Waals surface area contributed by atoms with Crippen LogP contribution in [0.3, 0.4) is 0 Å². The first-order valence-electron chi connectivity index (χ1n) is 8.28. The van der Waals surface area contributed by atoms with Gasteiger partial charge in [-0.05, 0) is 44.5 Å². The Kier molecular flexibility index (Phi) is 4.87. The Balaban J connectivity index is 1.62. The lowest BCUT2D eigenvalue weighted by atomic mass is 9.67. The van der Waals surface area contributed by atoms with Gasteiger partial charge in [0.05, 0.1) is 18.8 Å². The van der Waals surface area contributed by atoms with Crippen molar-refractivity contribution in [2.24, 2.45) is 11.8 Å². The largest absolute Gasteiger partial charge is 0.491 e. The van der Waals surface area contributed by atoms with E-state index in [0.717, 1.165) is 18.8 Å². The van der Waals surface area contributed by atoms with Gasteiger partial charge in [-0.1, -0.05) is 0 Å². The number of carbonyl (C=O) groups excluding carboxylic acids is 1. The molecule has 1 aromatic rings. The van der Waals surface area contributed by atoms with Crippen molar-refractivity contribution in [1.29, 1.82) is 0 Å². The zero-order valence-corrected chi connectivity index (χ0v) is 14.0. The molecule has 4 atom stereocenters. The summed E-state index contributed by atoms with van der Waals surface area (Å²) in [6, 6.07) is 7.42. The third kappa shape index (κ3) is 3.35. The van der Waals surface area contributed by atoms with Crippen LogP contribution in [0.1, 0.15) is 30.6 Å². The third-order valence-corrected chi connectivity index (χ3v) is 4.67. The van der Waals surface area contributed by atoms with Gasteiger partial charge >= 0.3 is 0 Å². The van der Waals surface area contributed by atoms with Crippen molar-refractivity contribution in [3.05, 3.63) is 29.8 Å². The molecule has 1 amide bonds. The fourth-order valence-corrected chi connectivity index (χ4v) is 3.63. The van der Waals surface area contributed by atoms with Crippen LogP contribution in [-0.2, 0) is 9.47 Å². The topological polar surface area (TPSA) is 56.8 Å². The lowest BCUT2D eigenvalue weighted by Crippen LogP contribution is -2.62. The molecule has 4 unspecified atom stereocenters. The average molecular weight is 319 g/mol. The second kappa shape index (κ2) is 6.89. The van der Waals surface area contributed by atoms with E-state index >= 15 is 0 Å². The standard InChI is InChI=1S/C18H25NO4/c1-11(2)23-13-6-4-12(5-7-13)18(20)19-16-14-8-9-22-17(14)15(16)10-21-3/h4-7,11,14-17H,8-10H2,1-3H3,(H,19,20). The van der Waals surface area contributed by atoms with E-state index in [4.69, 9.17) is 14.2 Å². The van der Waals surface area contributed by atoms with Crippen molar-refractivity contribution >= 4 is 5.91 Å². The summed E-state index contributed by atoms with van der Waals surface area (Å²) in [5.41, 5.74) is 0.652. The van der Waals surface area contributed by atoms with E-state index < -0.39 is 0 Å². The van der Waals surface area contributed by atoms with Crippen molar-refractivity contribution in [1.82, 2.24) is 5.32 Å². The maximum absolute atomic E-state index is 12.5. The summed E-state index contributed by atoms with van der Waals surface area (Å²) in [6.45, 7) is 5.36. The molecule has 2 fully saturated rings. The Morgan fingerprint density at radius 2 is 2.09 bits per heavy atom. The molecule has 2 aliphatic rings. The highest BCUT2D eigenvalue weighted by Gasteiger charge is 2.54. The predicted octanol–water partition coefficient (Wildman–Crippen LogP) is 2.25. The Hall–Kier alpha value is -1.59. The number of rotatable bonds is 6. The molecule has 1 aliphatic heterocycles. The molecule has 1 aromatic carbocycles. The van der Waals surface area contributed by atoms with Crippen LogP contribution in [0.5, 0.6) is 5.75 Å². The van der Waals surface area contributed by atoms with Crippen molar-refractivity contribution in [2.45, 2.75) is 38.5 Å². The number of hydrogen-bond donors (Lipinski definition) is 1. The Morgan fingerprint density at radius 3 is 2.74 bits per heavy atom. The molecule has 1 saturated heterocycles. The predicted molar refractivity (Wildman–Crippen MR) is 86.7 cm³/mol. The normalized spacial score (nSPS) is 29.0. The van der Waals surface area contributed by atoms with Crippen LogP contribution in [0.4, 0.5) is 0 Å². The molecular weight excluding hydrogens is 294 g/mol. The van der Waals surface area contributed by atoms with Gasteiger partial charge in [-0.3, -0.25) is 4.79 Å². The first-order valence-corrected chi connectivity index (χ1v) is 8.28. The van der Waals surface area contributed by atoms with Crippen LogP contribution in [-0.4, -0.2) is 44.5 Å². The SMILES string of the molecule is COCC1C(NC(=O)c2ccc(OC(C)C)cc2)C2CCOC21. The molecule has 1 aliphatic carbocycles. The van der Waals surface area contributed by atoms with Crippen LogP contribution in [0, 0.1) is 11.8 Å². The van der Waals surface area contributed by atoms with Crippen LogP contribution < -0.4 is 10.1 Å². The van der Waals surface area contributed by atoms with Gasteiger partial charge in [0.2, 0.25) is 0 Å². The smallest absolute Gasteiger partial charge is 0.251 e. The minimum atomic E-state index is -0.0439. The molecule has 5 nitrogen and oxygen atoms in total. The molecule has 1 N–H and O–H groups in total. The number of hydrogen-bond acceptors (Lipinski definition) is 4. The monoisotopic (exact) mass is 319 g/mol. The number of ether oxygens (including phenoxy) is 3. The highest BCUT2D eigenvalue weighted by Crippen LogP contribution is 2.43. The summed E-state index contributed by atoms with van der Waals surface area (Å²) in [5, 5.41) is 3.16. The summed E-state index contributed by atoms with van der Waals surface area (Å²) in [5.74, 6) is 1.40. The molecule has 1 heterocycles. The van der Waals surface area contributed by atoms with Crippen molar-refractivity contribution in [3.8, 4) is 5.75 Å². The lowest BCUT2D eigenvalue weighted by Gasteiger charge is -2.47. The second-order valence-electron chi connectivity index (χ2n) is 6.60. The Morgan fingerprint density at radius 1 is 1.35 bits per heavy atom. The molecule has 0 spiro atoms. The molecule has 5 heteroatoms. The number of fused-ring (bicyclic) bond motifs is 1. The van der Waals surface area contributed by atoms with Crippen molar-refractivity contribution in [2.75, 3.05) is 20.3 Å². The molecule has 126 valence electrons. The van der Waals surface area contributed by atoms with Gasteiger partial charge < -0.3 is 19.5 Å². The summed E-state index contributed by atoms with van der Waals surface area (Å²) < 4.78 is 16.6. The van der Waals surface area contributed by atoms with E-state index in [2.05, 4.69) is 5.32 Å². The van der Waals surface area contributed by atoms with Crippen LogP contribution in [0.15, 0.2) is 24.3 Å². The molecular formula is C18H25NO4. The van der Waals surface area contributed by atoms with E-state index in [-0.39, 0.29) is 30.1 Å². The quantitative estimate of drug-likeness (QED) is 0.874. The number of benzene rings is 1. The van der Waals surface area contributed by atoms with Gasteiger partial charge in [0.25, 0.3) is 5.91 Å². The van der Waals surface area contributed by atoms with Gasteiger partial charge in [0.15, 0.2) is 0 Å². The van der Waals surface area contributed by atoms with Gasteiger partial charge in [0.1, 0.15) is 5.75 Å². The van der Waals surface area contributed by atoms with Gasteiger partial charge in [0, 0.05) is 37.2 Å². The molecule has 1 saturated carbocycles. The Bertz CT molecular complexity index is 542. The minimum absolute atomic E-state index is 0.0439. The maximum atomic E-state index is 12.5. The summed E-state index contributed by atoms with van der Waals surface area (Å²) in [6.07, 6.45) is 1.37. The fraction of sp³-hybridized carbons (Fsp3) is 0.611. The van der Waals surface area contributed by atoms with Crippen LogP contribution in [0.2, 0.25) is 0 Å². The van der Waals surface area contributed by atoms with Gasteiger partial charge in [-0.15, -0.1) is 0 Å². The summed E-state index contributed by atoms with van der Waals surface area (Å²) in [7, 11) is 1.69. The minimum Gasteiger partial charge on any atom is -0.491 e. The summed E-state index contributed by atoms with van der Waals surface area (Å²) >= 11 is 0. The lowest BCUT2D eigenvalue weighted by molar-refractivity contribution is -0.0809. The van der Waals surface area contributed by atoms with E-state index in [1.807, 2.05) is 26.0 Å². The van der Waals surface area contributed by atoms with Crippen LogP contribution >= 0.6 is 0 Å². The first kappa shape index (κ1) is 16.3. The van der Waals surface area contributed by atoms with E-state index in [1.54, 1.807) is 19.2 Å².